The van der Waals surface area contributed by atoms with Crippen LogP contribution in [0.15, 0.2) is 24.3 Å². The first kappa shape index (κ1) is 16.0. The molecule has 0 amide bonds. The predicted molar refractivity (Wildman–Crippen MR) is 81.0 cm³/mol. The second-order valence-corrected chi connectivity index (χ2v) is 7.40. The van der Waals surface area contributed by atoms with E-state index >= 15 is 0 Å². The van der Waals surface area contributed by atoms with Crippen LogP contribution >= 0.6 is 0 Å². The van der Waals surface area contributed by atoms with E-state index in [-0.39, 0.29) is 17.7 Å². The molecule has 0 radical (unpaired) electrons. The van der Waals surface area contributed by atoms with Crippen LogP contribution in [0.4, 0.5) is 4.39 Å². The van der Waals surface area contributed by atoms with Crippen molar-refractivity contribution in [3.05, 3.63) is 35.6 Å². The molecule has 1 aliphatic rings. The lowest BCUT2D eigenvalue weighted by Gasteiger charge is -2.47. The van der Waals surface area contributed by atoms with Crippen LogP contribution in [-0.4, -0.2) is 10.7 Å². The van der Waals surface area contributed by atoms with E-state index in [0.717, 1.165) is 12.8 Å². The number of hydrogen-bond acceptors (Lipinski definition) is 2. The number of nitriles is 1. The van der Waals surface area contributed by atoms with Gasteiger partial charge in [0.15, 0.2) is 0 Å². The maximum Gasteiger partial charge on any atom is 0.126 e. The molecular weight excluding hydrogens is 265 g/mol. The maximum absolute atomic E-state index is 13.8. The summed E-state index contributed by atoms with van der Waals surface area (Å²) in [6.07, 6.45) is 3.32. The standard InChI is InChI=1S/C18H24FNO/c1-16(2)8-10-18(13-20,11-9-16)17(3,21)12-14-6-4-5-7-15(14)19/h4-7,21H,8-12H2,1-3H3. The summed E-state index contributed by atoms with van der Waals surface area (Å²) in [7, 11) is 0. The van der Waals surface area contributed by atoms with Crippen LogP contribution in [0, 0.1) is 28.0 Å². The minimum absolute atomic E-state index is 0.174. The van der Waals surface area contributed by atoms with Gasteiger partial charge in [0.1, 0.15) is 5.82 Å². The summed E-state index contributed by atoms with van der Waals surface area (Å²) >= 11 is 0. The lowest BCUT2D eigenvalue weighted by atomic mass is 9.58. The molecule has 3 heteroatoms. The van der Waals surface area contributed by atoms with E-state index in [2.05, 4.69) is 19.9 Å². The molecule has 1 N–H and O–H groups in total. The summed E-state index contributed by atoms with van der Waals surface area (Å²) in [5, 5.41) is 20.6. The van der Waals surface area contributed by atoms with Crippen LogP contribution in [-0.2, 0) is 6.42 Å². The molecule has 0 bridgehead atoms. The van der Waals surface area contributed by atoms with Gasteiger partial charge in [-0.2, -0.15) is 5.26 Å². The Hall–Kier alpha value is -1.40. The van der Waals surface area contributed by atoms with Gasteiger partial charge in [-0.25, -0.2) is 4.39 Å². The fraction of sp³-hybridized carbons (Fsp3) is 0.611. The largest absolute Gasteiger partial charge is 0.388 e. The van der Waals surface area contributed by atoms with Crippen molar-refractivity contribution in [1.29, 1.82) is 5.26 Å². The summed E-state index contributed by atoms with van der Waals surface area (Å²) in [5.41, 5.74) is -1.32. The van der Waals surface area contributed by atoms with Crippen molar-refractivity contribution in [1.82, 2.24) is 0 Å². The highest BCUT2D eigenvalue weighted by atomic mass is 19.1. The zero-order chi connectivity index (χ0) is 15.7. The van der Waals surface area contributed by atoms with E-state index in [9.17, 15) is 14.8 Å². The quantitative estimate of drug-likeness (QED) is 0.905. The highest BCUT2D eigenvalue weighted by Crippen LogP contribution is 2.51. The molecule has 114 valence electrons. The molecule has 0 aromatic heterocycles. The van der Waals surface area contributed by atoms with Crippen LogP contribution < -0.4 is 0 Å². The average molecular weight is 289 g/mol. The van der Waals surface area contributed by atoms with Gasteiger partial charge < -0.3 is 5.11 Å². The van der Waals surface area contributed by atoms with Gasteiger partial charge >= 0.3 is 0 Å². The van der Waals surface area contributed by atoms with Crippen molar-refractivity contribution in [2.45, 2.75) is 58.5 Å². The van der Waals surface area contributed by atoms with E-state index < -0.39 is 11.0 Å². The SMILES string of the molecule is CC1(C)CCC(C#N)(C(C)(O)Cc2ccccc2F)CC1. The number of benzene rings is 1. The Kier molecular flexibility index (Phi) is 4.13. The van der Waals surface area contributed by atoms with Crippen molar-refractivity contribution >= 4 is 0 Å². The Balaban J connectivity index is 2.25. The summed E-state index contributed by atoms with van der Waals surface area (Å²) in [6.45, 7) is 6.07. The molecule has 1 aromatic rings. The Morgan fingerprint density at radius 1 is 1.24 bits per heavy atom. The Morgan fingerprint density at radius 3 is 2.33 bits per heavy atom. The smallest absolute Gasteiger partial charge is 0.126 e. The van der Waals surface area contributed by atoms with Gasteiger partial charge in [-0.1, -0.05) is 32.0 Å². The molecule has 1 fully saturated rings. The Morgan fingerprint density at radius 2 is 1.81 bits per heavy atom. The highest BCUT2D eigenvalue weighted by molar-refractivity contribution is 5.23. The van der Waals surface area contributed by atoms with Gasteiger partial charge in [-0.05, 0) is 49.7 Å². The molecule has 0 aliphatic heterocycles. The highest BCUT2D eigenvalue weighted by Gasteiger charge is 2.50. The number of nitrogens with zero attached hydrogens (tertiary/aromatic N) is 1. The molecule has 1 saturated carbocycles. The number of halogens is 1. The Labute approximate surface area is 126 Å². The second kappa shape index (κ2) is 5.42. The molecule has 2 nitrogen and oxygen atoms in total. The Bertz CT molecular complexity index is 547. The monoisotopic (exact) mass is 289 g/mol. The van der Waals surface area contributed by atoms with Gasteiger partial charge in [0.25, 0.3) is 0 Å². The first-order chi connectivity index (χ1) is 9.71. The minimum Gasteiger partial charge on any atom is -0.388 e. The molecule has 1 aromatic carbocycles. The molecule has 2 rings (SSSR count). The summed E-state index contributed by atoms with van der Waals surface area (Å²) in [4.78, 5) is 0. The van der Waals surface area contributed by atoms with Gasteiger partial charge in [0.2, 0.25) is 0 Å². The second-order valence-electron chi connectivity index (χ2n) is 7.40. The average Bonchev–Trinajstić information content (AvgIpc) is 2.41. The zero-order valence-corrected chi connectivity index (χ0v) is 13.1. The maximum atomic E-state index is 13.8. The van der Waals surface area contributed by atoms with Gasteiger partial charge in [-0.15, -0.1) is 0 Å². The topological polar surface area (TPSA) is 44.0 Å². The van der Waals surface area contributed by atoms with Crippen LogP contribution in [0.1, 0.15) is 52.0 Å². The van der Waals surface area contributed by atoms with Gasteiger partial charge in [0, 0.05) is 6.42 Å². The van der Waals surface area contributed by atoms with E-state index in [4.69, 9.17) is 0 Å². The number of rotatable bonds is 3. The third kappa shape index (κ3) is 3.11. The van der Waals surface area contributed by atoms with Gasteiger partial charge in [0.05, 0.1) is 17.1 Å². The number of hydrogen-bond donors (Lipinski definition) is 1. The van der Waals surface area contributed by atoms with Crippen LogP contribution in [0.5, 0.6) is 0 Å². The van der Waals surface area contributed by atoms with Crippen molar-refractivity contribution in [2.24, 2.45) is 10.8 Å². The molecular formula is C18H24FNO. The summed E-state index contributed by atoms with van der Waals surface area (Å²) in [5.74, 6) is -0.318. The van der Waals surface area contributed by atoms with E-state index in [1.165, 1.54) is 6.07 Å². The summed E-state index contributed by atoms with van der Waals surface area (Å²) in [6, 6.07) is 8.84. The lowest BCUT2D eigenvalue weighted by molar-refractivity contribution is -0.0714. The minimum atomic E-state index is -1.22. The fourth-order valence-electron chi connectivity index (χ4n) is 3.31. The van der Waals surface area contributed by atoms with Crippen molar-refractivity contribution < 1.29 is 9.50 Å². The van der Waals surface area contributed by atoms with Crippen molar-refractivity contribution in [3.63, 3.8) is 0 Å². The van der Waals surface area contributed by atoms with E-state index in [1.807, 2.05) is 0 Å². The molecule has 21 heavy (non-hydrogen) atoms. The molecule has 0 saturated heterocycles. The van der Waals surface area contributed by atoms with Crippen LogP contribution in [0.2, 0.25) is 0 Å². The van der Waals surface area contributed by atoms with Gasteiger partial charge in [-0.3, -0.25) is 0 Å². The molecule has 0 heterocycles. The zero-order valence-electron chi connectivity index (χ0n) is 13.1. The van der Waals surface area contributed by atoms with Crippen molar-refractivity contribution in [2.75, 3.05) is 0 Å². The van der Waals surface area contributed by atoms with Crippen molar-refractivity contribution in [3.8, 4) is 6.07 Å². The molecule has 1 unspecified atom stereocenters. The fourth-order valence-corrected chi connectivity index (χ4v) is 3.31. The molecule has 1 aliphatic carbocycles. The van der Waals surface area contributed by atoms with E-state index in [1.54, 1.807) is 25.1 Å². The third-order valence-electron chi connectivity index (χ3n) is 5.19. The first-order valence-electron chi connectivity index (χ1n) is 7.58. The first-order valence-corrected chi connectivity index (χ1v) is 7.58. The summed E-state index contributed by atoms with van der Waals surface area (Å²) < 4.78 is 13.8. The van der Waals surface area contributed by atoms with Crippen LogP contribution in [0.3, 0.4) is 0 Å². The normalized spacial score (nSPS) is 23.0. The predicted octanol–water partition coefficient (Wildman–Crippen LogP) is 4.23. The third-order valence-corrected chi connectivity index (χ3v) is 5.19. The number of aliphatic hydroxyl groups is 1. The molecule has 0 spiro atoms. The molecule has 1 atom stereocenters. The van der Waals surface area contributed by atoms with E-state index in [0.29, 0.717) is 18.4 Å². The lowest BCUT2D eigenvalue weighted by Crippen LogP contribution is -2.50. The van der Waals surface area contributed by atoms with Crippen LogP contribution in [0.25, 0.3) is 0 Å².